The number of hydrogen-bond donors (Lipinski definition) is 1. The summed E-state index contributed by atoms with van der Waals surface area (Å²) in [5.41, 5.74) is 5.54. The van der Waals surface area contributed by atoms with E-state index in [0.717, 1.165) is 0 Å². The molecule has 92 valence electrons. The lowest BCUT2D eigenvalue weighted by Crippen LogP contribution is -2.16. The molecule has 0 heterocycles. The van der Waals surface area contributed by atoms with Crippen LogP contribution < -0.4 is 5.73 Å². The lowest BCUT2D eigenvalue weighted by Gasteiger charge is -2.05. The molecule has 0 fully saturated rings. The molecule has 0 spiro atoms. The molecule has 1 aromatic carbocycles. The summed E-state index contributed by atoms with van der Waals surface area (Å²) in [5, 5.41) is 8.69. The zero-order valence-corrected chi connectivity index (χ0v) is 10.1. The second-order valence-electron chi connectivity index (χ2n) is 3.36. The maximum absolute atomic E-state index is 11.8. The molecule has 2 N–H and O–H groups in total. The first-order valence-corrected chi connectivity index (χ1v) is 6.76. The average Bonchev–Trinajstić information content (AvgIpc) is 2.35. The molecule has 0 bridgehead atoms. The molecule has 17 heavy (non-hydrogen) atoms. The number of rotatable bonds is 6. The van der Waals surface area contributed by atoms with Gasteiger partial charge in [-0.3, -0.25) is 0 Å². The van der Waals surface area contributed by atoms with Crippen molar-refractivity contribution in [2.45, 2.75) is 4.90 Å². The second-order valence-corrected chi connectivity index (χ2v) is 5.47. The van der Waals surface area contributed by atoms with E-state index < -0.39 is 9.84 Å². The molecular weight excluding hydrogens is 240 g/mol. The quantitative estimate of drug-likeness (QED) is 0.737. The molecule has 5 nitrogen and oxygen atoms in total. The van der Waals surface area contributed by atoms with Gasteiger partial charge in [0, 0.05) is 6.54 Å². The highest BCUT2D eigenvalue weighted by Gasteiger charge is 2.14. The number of hydrogen-bond acceptors (Lipinski definition) is 5. The van der Waals surface area contributed by atoms with Crippen LogP contribution in [0.5, 0.6) is 0 Å². The summed E-state index contributed by atoms with van der Waals surface area (Å²) in [6.45, 7) is 0.814. The number of ether oxygens (including phenoxy) is 1. The van der Waals surface area contributed by atoms with Crippen molar-refractivity contribution in [2.24, 2.45) is 5.73 Å². The van der Waals surface area contributed by atoms with E-state index in [4.69, 9.17) is 15.7 Å². The van der Waals surface area contributed by atoms with E-state index in [1.54, 1.807) is 12.1 Å². The largest absolute Gasteiger partial charge is 0.379 e. The molecule has 0 saturated heterocycles. The Morgan fingerprint density at radius 3 is 2.76 bits per heavy atom. The molecule has 6 heteroatoms. The minimum atomic E-state index is -3.39. The minimum absolute atomic E-state index is 0.107. The smallest absolute Gasteiger partial charge is 0.180 e. The average molecular weight is 254 g/mol. The lowest BCUT2D eigenvalue weighted by molar-refractivity contribution is 0.157. The molecule has 1 aromatic rings. The Morgan fingerprint density at radius 1 is 1.35 bits per heavy atom. The van der Waals surface area contributed by atoms with E-state index in [1.807, 2.05) is 6.07 Å². The summed E-state index contributed by atoms with van der Waals surface area (Å²) in [6.07, 6.45) is 0. The van der Waals surface area contributed by atoms with Crippen molar-refractivity contribution >= 4 is 9.84 Å². The molecule has 0 atom stereocenters. The molecular formula is C11H14N2O3S. The van der Waals surface area contributed by atoms with Crippen LogP contribution in [0.15, 0.2) is 29.2 Å². The van der Waals surface area contributed by atoms with E-state index in [0.29, 0.717) is 18.7 Å². The molecule has 0 aliphatic carbocycles. The van der Waals surface area contributed by atoms with Gasteiger partial charge in [-0.2, -0.15) is 5.26 Å². The van der Waals surface area contributed by atoms with Crippen molar-refractivity contribution < 1.29 is 13.2 Å². The first-order valence-electron chi connectivity index (χ1n) is 5.11. The Hall–Kier alpha value is -1.42. The molecule has 0 unspecified atom stereocenters. The zero-order chi connectivity index (χ0) is 12.7. The van der Waals surface area contributed by atoms with Crippen LogP contribution in [-0.4, -0.2) is 33.9 Å². The SMILES string of the molecule is N#Cc1cccc(S(=O)(=O)CCOCCN)c1. The van der Waals surface area contributed by atoms with Crippen LogP contribution in [0.1, 0.15) is 5.56 Å². The van der Waals surface area contributed by atoms with Crippen LogP contribution in [-0.2, 0) is 14.6 Å². The van der Waals surface area contributed by atoms with Gasteiger partial charge in [-0.1, -0.05) is 6.07 Å². The summed E-state index contributed by atoms with van der Waals surface area (Å²) in [4.78, 5) is 0.146. The predicted octanol–water partition coefficient (Wildman–Crippen LogP) is 0.307. The normalized spacial score (nSPS) is 11.1. The monoisotopic (exact) mass is 254 g/mol. The van der Waals surface area contributed by atoms with Gasteiger partial charge < -0.3 is 10.5 Å². The van der Waals surface area contributed by atoms with Crippen LogP contribution in [0.25, 0.3) is 0 Å². The molecule has 0 aliphatic rings. The van der Waals surface area contributed by atoms with Crippen molar-refractivity contribution in [1.29, 1.82) is 5.26 Å². The highest BCUT2D eigenvalue weighted by molar-refractivity contribution is 7.91. The Bertz CT molecular complexity index is 506. The van der Waals surface area contributed by atoms with E-state index in [2.05, 4.69) is 0 Å². The van der Waals surface area contributed by atoms with Crippen LogP contribution >= 0.6 is 0 Å². The third-order valence-corrected chi connectivity index (χ3v) is 3.76. The molecule has 0 aromatic heterocycles. The summed E-state index contributed by atoms with van der Waals surface area (Å²) >= 11 is 0. The maximum atomic E-state index is 11.8. The number of benzene rings is 1. The summed E-state index contributed by atoms with van der Waals surface area (Å²) in [7, 11) is -3.39. The van der Waals surface area contributed by atoms with Gasteiger partial charge in [-0.15, -0.1) is 0 Å². The van der Waals surface area contributed by atoms with E-state index in [1.165, 1.54) is 12.1 Å². The summed E-state index contributed by atoms with van der Waals surface area (Å²) < 4.78 is 28.7. The third kappa shape index (κ3) is 4.15. The maximum Gasteiger partial charge on any atom is 0.180 e. The number of nitriles is 1. The highest BCUT2D eigenvalue weighted by Crippen LogP contribution is 2.12. The standard InChI is InChI=1S/C11H14N2O3S/c12-4-5-16-6-7-17(14,15)11-3-1-2-10(8-11)9-13/h1-3,8H,4-7,12H2. The van der Waals surface area contributed by atoms with Crippen molar-refractivity contribution in [3.05, 3.63) is 29.8 Å². The van der Waals surface area contributed by atoms with Gasteiger partial charge in [0.2, 0.25) is 0 Å². The van der Waals surface area contributed by atoms with Crippen molar-refractivity contribution in [1.82, 2.24) is 0 Å². The Morgan fingerprint density at radius 2 is 2.12 bits per heavy atom. The van der Waals surface area contributed by atoms with Gasteiger partial charge >= 0.3 is 0 Å². The molecule has 0 aliphatic heterocycles. The lowest BCUT2D eigenvalue weighted by atomic mass is 10.2. The first kappa shape index (κ1) is 13.6. The van der Waals surface area contributed by atoms with Crippen LogP contribution in [0, 0.1) is 11.3 Å². The number of nitrogens with two attached hydrogens (primary N) is 1. The summed E-state index contributed by atoms with van der Waals surface area (Å²) in [6, 6.07) is 7.84. The van der Waals surface area contributed by atoms with Gasteiger partial charge in [0.15, 0.2) is 9.84 Å². The Labute approximate surface area is 101 Å². The van der Waals surface area contributed by atoms with E-state index >= 15 is 0 Å². The van der Waals surface area contributed by atoms with Crippen molar-refractivity contribution in [3.8, 4) is 6.07 Å². The topological polar surface area (TPSA) is 93.2 Å². The number of sulfone groups is 1. The zero-order valence-electron chi connectivity index (χ0n) is 9.30. The van der Waals surface area contributed by atoms with Crippen LogP contribution in [0.2, 0.25) is 0 Å². The Balaban J connectivity index is 2.73. The van der Waals surface area contributed by atoms with Gasteiger partial charge in [0.1, 0.15) is 0 Å². The fraction of sp³-hybridized carbons (Fsp3) is 0.364. The third-order valence-electron chi connectivity index (χ3n) is 2.08. The molecule has 0 amide bonds. The molecule has 0 radical (unpaired) electrons. The Kier molecular flexibility index (Phi) is 5.10. The fourth-order valence-corrected chi connectivity index (χ4v) is 2.40. The minimum Gasteiger partial charge on any atom is -0.379 e. The van der Waals surface area contributed by atoms with E-state index in [-0.39, 0.29) is 17.3 Å². The van der Waals surface area contributed by atoms with E-state index in [9.17, 15) is 8.42 Å². The molecule has 1 rings (SSSR count). The second kappa shape index (κ2) is 6.35. The number of nitrogens with zero attached hydrogens (tertiary/aromatic N) is 1. The predicted molar refractivity (Wildman–Crippen MR) is 63.1 cm³/mol. The van der Waals surface area contributed by atoms with Gasteiger partial charge in [-0.05, 0) is 18.2 Å². The van der Waals surface area contributed by atoms with Gasteiger partial charge in [0.25, 0.3) is 0 Å². The van der Waals surface area contributed by atoms with Gasteiger partial charge in [-0.25, -0.2) is 8.42 Å². The fourth-order valence-electron chi connectivity index (χ4n) is 1.23. The molecule has 0 saturated carbocycles. The van der Waals surface area contributed by atoms with Crippen molar-refractivity contribution in [2.75, 3.05) is 25.5 Å². The first-order chi connectivity index (χ1) is 8.10. The summed E-state index contributed by atoms with van der Waals surface area (Å²) in [5.74, 6) is -0.109. The van der Waals surface area contributed by atoms with Crippen LogP contribution in [0.4, 0.5) is 0 Å². The van der Waals surface area contributed by atoms with Crippen LogP contribution in [0.3, 0.4) is 0 Å². The van der Waals surface area contributed by atoms with Gasteiger partial charge in [0.05, 0.1) is 35.5 Å². The van der Waals surface area contributed by atoms with Crippen molar-refractivity contribution in [3.63, 3.8) is 0 Å². The highest BCUT2D eigenvalue weighted by atomic mass is 32.2.